The van der Waals surface area contributed by atoms with Crippen LogP contribution in [0.25, 0.3) is 0 Å². The van der Waals surface area contributed by atoms with Crippen molar-refractivity contribution in [2.24, 2.45) is 11.3 Å². The van der Waals surface area contributed by atoms with E-state index in [1.165, 1.54) is 7.11 Å². The SMILES string of the molecule is CONC=C1[C@@H](C(=O)O)C1(C)C. The van der Waals surface area contributed by atoms with Crippen molar-refractivity contribution in [2.45, 2.75) is 13.8 Å². The number of hydroxylamine groups is 1. The van der Waals surface area contributed by atoms with Gasteiger partial charge in [0.25, 0.3) is 0 Å². The molecule has 0 bridgehead atoms. The topological polar surface area (TPSA) is 58.6 Å². The van der Waals surface area contributed by atoms with Crippen LogP contribution in [-0.2, 0) is 9.63 Å². The van der Waals surface area contributed by atoms with Gasteiger partial charge in [-0.3, -0.25) is 15.1 Å². The molecule has 0 aromatic rings. The number of carboxylic acid groups (broad SMARTS) is 1. The quantitative estimate of drug-likeness (QED) is 0.615. The van der Waals surface area contributed by atoms with Crippen LogP contribution in [0.5, 0.6) is 0 Å². The Hall–Kier alpha value is -1.03. The van der Waals surface area contributed by atoms with Crippen LogP contribution in [0.1, 0.15) is 13.8 Å². The molecule has 0 unspecified atom stereocenters. The maximum atomic E-state index is 10.6. The molecule has 1 saturated carbocycles. The van der Waals surface area contributed by atoms with Crippen molar-refractivity contribution in [3.8, 4) is 0 Å². The number of hydrogen-bond donors (Lipinski definition) is 2. The molecule has 68 valence electrons. The monoisotopic (exact) mass is 171 g/mol. The average Bonchev–Trinajstić information content (AvgIpc) is 2.49. The van der Waals surface area contributed by atoms with Crippen LogP contribution in [0.15, 0.2) is 11.8 Å². The molecule has 0 radical (unpaired) electrons. The summed E-state index contributed by atoms with van der Waals surface area (Å²) in [4.78, 5) is 15.2. The van der Waals surface area contributed by atoms with Crippen LogP contribution in [0, 0.1) is 11.3 Å². The van der Waals surface area contributed by atoms with E-state index in [9.17, 15) is 4.79 Å². The molecule has 1 aliphatic carbocycles. The third-order valence-corrected chi connectivity index (χ3v) is 2.27. The lowest BCUT2D eigenvalue weighted by molar-refractivity contribution is -0.139. The maximum Gasteiger partial charge on any atom is 0.311 e. The summed E-state index contributed by atoms with van der Waals surface area (Å²) in [7, 11) is 1.49. The molecule has 4 nitrogen and oxygen atoms in total. The van der Waals surface area contributed by atoms with Gasteiger partial charge < -0.3 is 5.11 Å². The zero-order valence-corrected chi connectivity index (χ0v) is 7.42. The number of nitrogens with one attached hydrogen (secondary N) is 1. The number of carboxylic acids is 1. The van der Waals surface area contributed by atoms with Gasteiger partial charge in [0.1, 0.15) is 0 Å². The molecule has 2 N–H and O–H groups in total. The molecule has 0 spiro atoms. The van der Waals surface area contributed by atoms with Crippen LogP contribution in [-0.4, -0.2) is 18.2 Å². The second-order valence-electron chi connectivity index (χ2n) is 3.41. The van der Waals surface area contributed by atoms with Gasteiger partial charge in [0.2, 0.25) is 0 Å². The third kappa shape index (κ3) is 1.30. The molecule has 1 rings (SSSR count). The lowest BCUT2D eigenvalue weighted by Gasteiger charge is -1.94. The van der Waals surface area contributed by atoms with Crippen LogP contribution in [0.2, 0.25) is 0 Å². The van der Waals surface area contributed by atoms with Crippen molar-refractivity contribution in [3.63, 3.8) is 0 Å². The van der Waals surface area contributed by atoms with E-state index in [2.05, 4.69) is 10.3 Å². The van der Waals surface area contributed by atoms with E-state index in [4.69, 9.17) is 5.11 Å². The van der Waals surface area contributed by atoms with Gasteiger partial charge in [-0.2, -0.15) is 0 Å². The summed E-state index contributed by atoms with van der Waals surface area (Å²) in [5, 5.41) is 8.75. The minimum atomic E-state index is -0.774. The molecule has 0 aromatic heterocycles. The van der Waals surface area contributed by atoms with E-state index < -0.39 is 5.97 Å². The molecule has 0 heterocycles. The molecular formula is C8H13NO3. The molecule has 0 amide bonds. The first-order valence-electron chi connectivity index (χ1n) is 3.73. The first-order chi connectivity index (χ1) is 5.51. The maximum absolute atomic E-state index is 10.6. The van der Waals surface area contributed by atoms with E-state index in [1.54, 1.807) is 6.20 Å². The average molecular weight is 171 g/mol. The molecule has 1 fully saturated rings. The van der Waals surface area contributed by atoms with Gasteiger partial charge in [0, 0.05) is 11.6 Å². The summed E-state index contributed by atoms with van der Waals surface area (Å²) in [6.07, 6.45) is 1.61. The van der Waals surface area contributed by atoms with E-state index in [0.717, 1.165) is 5.57 Å². The predicted octanol–water partition coefficient (Wildman–Crippen LogP) is 0.762. The molecule has 1 atom stereocenters. The lowest BCUT2D eigenvalue weighted by Crippen LogP contribution is -2.03. The molecule has 0 saturated heterocycles. The number of hydrogen-bond acceptors (Lipinski definition) is 3. The predicted molar refractivity (Wildman–Crippen MR) is 43.1 cm³/mol. The number of aliphatic carboxylic acids is 1. The van der Waals surface area contributed by atoms with E-state index in [1.807, 2.05) is 13.8 Å². The summed E-state index contributed by atoms with van der Waals surface area (Å²) >= 11 is 0. The molecule has 12 heavy (non-hydrogen) atoms. The Bertz CT molecular complexity index is 232. The molecule has 4 heteroatoms. The Kier molecular flexibility index (Phi) is 2.10. The van der Waals surface area contributed by atoms with Crippen molar-refractivity contribution in [2.75, 3.05) is 7.11 Å². The zero-order chi connectivity index (χ0) is 9.35. The van der Waals surface area contributed by atoms with Gasteiger partial charge in [-0.25, -0.2) is 0 Å². The summed E-state index contributed by atoms with van der Waals surface area (Å²) in [6, 6.07) is 0. The second kappa shape index (κ2) is 2.79. The Morgan fingerprint density at radius 3 is 2.67 bits per heavy atom. The minimum Gasteiger partial charge on any atom is -0.481 e. The normalized spacial score (nSPS) is 28.6. The van der Waals surface area contributed by atoms with Crippen molar-refractivity contribution in [1.82, 2.24) is 5.48 Å². The van der Waals surface area contributed by atoms with Crippen LogP contribution >= 0.6 is 0 Å². The molecule has 0 aromatic carbocycles. The number of carbonyl (C=O) groups is 1. The third-order valence-electron chi connectivity index (χ3n) is 2.27. The highest BCUT2D eigenvalue weighted by Gasteiger charge is 2.57. The van der Waals surface area contributed by atoms with Gasteiger partial charge in [0.05, 0.1) is 13.0 Å². The fraction of sp³-hybridized carbons (Fsp3) is 0.625. The highest BCUT2D eigenvalue weighted by molar-refractivity contribution is 5.82. The van der Waals surface area contributed by atoms with Crippen molar-refractivity contribution < 1.29 is 14.7 Å². The Balaban J connectivity index is 2.66. The van der Waals surface area contributed by atoms with E-state index in [0.29, 0.717) is 0 Å². The Morgan fingerprint density at radius 1 is 1.75 bits per heavy atom. The van der Waals surface area contributed by atoms with Crippen LogP contribution in [0.4, 0.5) is 0 Å². The largest absolute Gasteiger partial charge is 0.481 e. The molecule has 1 aliphatic rings. The van der Waals surface area contributed by atoms with Gasteiger partial charge in [-0.15, -0.1) is 0 Å². The van der Waals surface area contributed by atoms with Gasteiger partial charge >= 0.3 is 5.97 Å². The van der Waals surface area contributed by atoms with Gasteiger partial charge in [0.15, 0.2) is 0 Å². The summed E-state index contributed by atoms with van der Waals surface area (Å²) in [6.45, 7) is 3.80. The summed E-state index contributed by atoms with van der Waals surface area (Å²) in [5.41, 5.74) is 3.17. The fourth-order valence-electron chi connectivity index (χ4n) is 1.41. The zero-order valence-electron chi connectivity index (χ0n) is 7.42. The standard InChI is InChI=1S/C8H13NO3/c1-8(2)5(4-9-12-3)6(8)7(10)11/h4,6,9H,1-3H3,(H,10,11)/t6-/m0/s1. The van der Waals surface area contributed by atoms with Crippen molar-refractivity contribution in [1.29, 1.82) is 0 Å². The van der Waals surface area contributed by atoms with E-state index in [-0.39, 0.29) is 11.3 Å². The number of rotatable bonds is 3. The van der Waals surface area contributed by atoms with Crippen molar-refractivity contribution in [3.05, 3.63) is 11.8 Å². The van der Waals surface area contributed by atoms with Gasteiger partial charge in [-0.05, 0) is 5.57 Å². The Morgan fingerprint density at radius 2 is 2.33 bits per heavy atom. The minimum absolute atomic E-state index is 0.225. The highest BCUT2D eigenvalue weighted by atomic mass is 16.6. The smallest absolute Gasteiger partial charge is 0.311 e. The van der Waals surface area contributed by atoms with E-state index >= 15 is 0 Å². The molecular weight excluding hydrogens is 158 g/mol. The fourth-order valence-corrected chi connectivity index (χ4v) is 1.41. The lowest BCUT2D eigenvalue weighted by atomic mass is 10.1. The van der Waals surface area contributed by atoms with Gasteiger partial charge in [-0.1, -0.05) is 13.8 Å². The first kappa shape index (κ1) is 9.06. The van der Waals surface area contributed by atoms with Crippen LogP contribution in [0.3, 0.4) is 0 Å². The molecule has 0 aliphatic heterocycles. The Labute approximate surface area is 71.2 Å². The van der Waals surface area contributed by atoms with Crippen LogP contribution < -0.4 is 5.48 Å². The summed E-state index contributed by atoms with van der Waals surface area (Å²) in [5.74, 6) is -1.13. The highest BCUT2D eigenvalue weighted by Crippen LogP contribution is 2.57. The summed E-state index contributed by atoms with van der Waals surface area (Å²) < 4.78 is 0. The first-order valence-corrected chi connectivity index (χ1v) is 3.73. The second-order valence-corrected chi connectivity index (χ2v) is 3.41. The van der Waals surface area contributed by atoms with Crippen molar-refractivity contribution >= 4 is 5.97 Å².